The number of non-ortho nitro benzene ring substituents is 1. The summed E-state index contributed by atoms with van der Waals surface area (Å²) in [5.74, 6) is -1.10. The van der Waals surface area contributed by atoms with Crippen molar-refractivity contribution in [3.63, 3.8) is 0 Å². The van der Waals surface area contributed by atoms with E-state index in [1.54, 1.807) is 30.3 Å². The molecule has 1 N–H and O–H groups in total. The summed E-state index contributed by atoms with van der Waals surface area (Å²) in [7, 11) is 0. The third kappa shape index (κ3) is 4.12. The Hall–Kier alpha value is -3.57. The number of hydrogen-bond donors (Lipinski definition) is 1. The molecule has 160 valence electrons. The van der Waals surface area contributed by atoms with E-state index in [9.17, 15) is 24.5 Å². The number of amides is 4. The Morgan fingerprint density at radius 1 is 1.03 bits per heavy atom. The number of halogens is 2. The van der Waals surface area contributed by atoms with Crippen molar-refractivity contribution < 1.29 is 23.7 Å². The molecular weight excluding hydrogens is 550 g/mol. The molecule has 0 radical (unpaired) electrons. The molecule has 1 fully saturated rings. The lowest BCUT2D eigenvalue weighted by Crippen LogP contribution is -2.54. The predicted molar refractivity (Wildman–Crippen MR) is 122 cm³/mol. The van der Waals surface area contributed by atoms with Crippen molar-refractivity contribution in [3.8, 4) is 11.3 Å². The van der Waals surface area contributed by atoms with Gasteiger partial charge in [0.25, 0.3) is 17.5 Å². The molecular formula is C21H11Br2N3O6. The molecule has 11 heteroatoms. The van der Waals surface area contributed by atoms with Gasteiger partial charge in [0.1, 0.15) is 17.1 Å². The minimum absolute atomic E-state index is 0.0868. The molecule has 0 unspecified atom stereocenters. The number of nitro benzene ring substituents is 1. The summed E-state index contributed by atoms with van der Waals surface area (Å²) < 4.78 is 6.82. The fourth-order valence-electron chi connectivity index (χ4n) is 3.04. The number of anilines is 1. The minimum Gasteiger partial charge on any atom is -0.457 e. The summed E-state index contributed by atoms with van der Waals surface area (Å²) in [4.78, 5) is 48.8. The number of rotatable bonds is 4. The third-order valence-electron chi connectivity index (χ3n) is 4.51. The molecule has 2 aromatic carbocycles. The maximum atomic E-state index is 12.9. The van der Waals surface area contributed by atoms with E-state index >= 15 is 0 Å². The number of hydrogen-bond acceptors (Lipinski definition) is 6. The van der Waals surface area contributed by atoms with Gasteiger partial charge in [-0.05, 0) is 58.4 Å². The summed E-state index contributed by atoms with van der Waals surface area (Å²) in [6, 6.07) is 13.0. The van der Waals surface area contributed by atoms with Crippen molar-refractivity contribution in [2.75, 3.05) is 4.90 Å². The van der Waals surface area contributed by atoms with Crippen molar-refractivity contribution in [3.05, 3.63) is 85.0 Å². The van der Waals surface area contributed by atoms with Crippen LogP contribution in [-0.4, -0.2) is 22.8 Å². The van der Waals surface area contributed by atoms with Gasteiger partial charge in [-0.15, -0.1) is 0 Å². The zero-order chi connectivity index (χ0) is 23.0. The maximum absolute atomic E-state index is 12.9. The standard InChI is InChI=1S/C21H11Br2N3O6/c22-11-2-1-3-12(8-11)25-20(28)16(19(27)24-21(25)29)10-14-5-7-18(32-14)15-6-4-13(26(30)31)9-17(15)23/h1-10H,(H,24,27,29)/b16-10-. The number of nitrogens with one attached hydrogen (secondary N) is 1. The fourth-order valence-corrected chi connectivity index (χ4v) is 3.99. The predicted octanol–water partition coefficient (Wildman–Crippen LogP) is 5.05. The van der Waals surface area contributed by atoms with Crippen molar-refractivity contribution in [2.45, 2.75) is 0 Å². The molecule has 1 saturated heterocycles. The average Bonchev–Trinajstić information content (AvgIpc) is 3.19. The van der Waals surface area contributed by atoms with E-state index < -0.39 is 22.8 Å². The number of carbonyl (C=O) groups is 3. The molecule has 32 heavy (non-hydrogen) atoms. The highest BCUT2D eigenvalue weighted by atomic mass is 79.9. The number of barbiturate groups is 1. The molecule has 9 nitrogen and oxygen atoms in total. The second-order valence-corrected chi connectivity index (χ2v) is 8.33. The van der Waals surface area contributed by atoms with Crippen LogP contribution in [0.4, 0.5) is 16.2 Å². The van der Waals surface area contributed by atoms with E-state index in [2.05, 4.69) is 37.2 Å². The lowest BCUT2D eigenvalue weighted by Gasteiger charge is -2.26. The first-order valence-electron chi connectivity index (χ1n) is 8.96. The van der Waals surface area contributed by atoms with Gasteiger partial charge in [-0.25, -0.2) is 9.69 Å². The SMILES string of the molecule is O=C1NC(=O)N(c2cccc(Br)c2)C(=O)/C1=C\c1ccc(-c2ccc([N+](=O)[O-])cc2Br)o1. The number of furan rings is 1. The molecule has 0 bridgehead atoms. The summed E-state index contributed by atoms with van der Waals surface area (Å²) in [5.41, 5.74) is 0.463. The molecule has 0 saturated carbocycles. The third-order valence-corrected chi connectivity index (χ3v) is 5.66. The van der Waals surface area contributed by atoms with Gasteiger partial charge < -0.3 is 4.42 Å². The van der Waals surface area contributed by atoms with Crippen LogP contribution < -0.4 is 10.2 Å². The van der Waals surface area contributed by atoms with E-state index in [1.165, 1.54) is 30.3 Å². The molecule has 0 aliphatic carbocycles. The lowest BCUT2D eigenvalue weighted by molar-refractivity contribution is -0.384. The van der Waals surface area contributed by atoms with Crippen LogP contribution in [-0.2, 0) is 9.59 Å². The second-order valence-electron chi connectivity index (χ2n) is 6.56. The van der Waals surface area contributed by atoms with Crippen LogP contribution in [0.5, 0.6) is 0 Å². The zero-order valence-electron chi connectivity index (χ0n) is 15.9. The highest BCUT2D eigenvalue weighted by Crippen LogP contribution is 2.33. The van der Waals surface area contributed by atoms with Gasteiger partial charge in [0, 0.05) is 26.6 Å². The van der Waals surface area contributed by atoms with Crippen LogP contribution in [0.2, 0.25) is 0 Å². The normalized spacial score (nSPS) is 15.2. The zero-order valence-corrected chi connectivity index (χ0v) is 19.0. The first-order valence-corrected chi connectivity index (χ1v) is 10.5. The van der Waals surface area contributed by atoms with Crippen molar-refractivity contribution >= 4 is 67.2 Å². The summed E-state index contributed by atoms with van der Waals surface area (Å²) in [6.07, 6.45) is 1.23. The molecule has 1 aliphatic rings. The molecule has 1 aliphatic heterocycles. The van der Waals surface area contributed by atoms with Crippen molar-refractivity contribution in [1.29, 1.82) is 0 Å². The summed E-state index contributed by atoms with van der Waals surface area (Å²) in [5, 5.41) is 13.1. The van der Waals surface area contributed by atoms with Gasteiger partial charge in [-0.1, -0.05) is 22.0 Å². The smallest absolute Gasteiger partial charge is 0.335 e. The van der Waals surface area contributed by atoms with Gasteiger partial charge in [-0.2, -0.15) is 0 Å². The minimum atomic E-state index is -0.856. The molecule has 2 heterocycles. The molecule has 4 rings (SSSR count). The van der Waals surface area contributed by atoms with Crippen LogP contribution in [0.3, 0.4) is 0 Å². The van der Waals surface area contributed by atoms with Gasteiger partial charge in [0.05, 0.1) is 10.6 Å². The van der Waals surface area contributed by atoms with E-state index in [0.717, 1.165) is 4.90 Å². The van der Waals surface area contributed by atoms with Gasteiger partial charge in [0.15, 0.2) is 0 Å². The number of nitrogens with zero attached hydrogens (tertiary/aromatic N) is 2. The topological polar surface area (TPSA) is 123 Å². The summed E-state index contributed by atoms with van der Waals surface area (Å²) >= 11 is 6.56. The first kappa shape index (κ1) is 21.7. The molecule has 0 atom stereocenters. The van der Waals surface area contributed by atoms with Crippen LogP contribution in [0.25, 0.3) is 17.4 Å². The average molecular weight is 561 g/mol. The van der Waals surface area contributed by atoms with Crippen LogP contribution in [0, 0.1) is 10.1 Å². The number of carbonyl (C=O) groups excluding carboxylic acids is 3. The lowest BCUT2D eigenvalue weighted by atomic mass is 10.1. The Balaban J connectivity index is 1.67. The van der Waals surface area contributed by atoms with E-state index in [1.807, 2.05) is 0 Å². The fraction of sp³-hybridized carbons (Fsp3) is 0. The van der Waals surface area contributed by atoms with E-state index in [-0.39, 0.29) is 22.7 Å². The molecule has 3 aromatic rings. The number of benzene rings is 2. The van der Waals surface area contributed by atoms with Crippen molar-refractivity contribution in [1.82, 2.24) is 5.32 Å². The van der Waals surface area contributed by atoms with E-state index in [4.69, 9.17) is 4.42 Å². The Bertz CT molecular complexity index is 1330. The maximum Gasteiger partial charge on any atom is 0.335 e. The van der Waals surface area contributed by atoms with Crippen LogP contribution in [0.15, 0.2) is 73.5 Å². The number of nitro groups is 1. The second kappa shape index (κ2) is 8.52. The number of imide groups is 2. The Labute approximate surface area is 197 Å². The Morgan fingerprint density at radius 3 is 2.50 bits per heavy atom. The molecule has 4 amide bonds. The summed E-state index contributed by atoms with van der Waals surface area (Å²) in [6.45, 7) is 0. The van der Waals surface area contributed by atoms with Crippen LogP contribution in [0.1, 0.15) is 5.76 Å². The first-order chi connectivity index (χ1) is 15.2. The molecule has 0 spiro atoms. The largest absolute Gasteiger partial charge is 0.457 e. The van der Waals surface area contributed by atoms with E-state index in [0.29, 0.717) is 20.3 Å². The van der Waals surface area contributed by atoms with Crippen LogP contribution >= 0.6 is 31.9 Å². The highest BCUT2D eigenvalue weighted by Gasteiger charge is 2.37. The van der Waals surface area contributed by atoms with Gasteiger partial charge >= 0.3 is 6.03 Å². The van der Waals surface area contributed by atoms with Gasteiger partial charge in [-0.3, -0.25) is 25.0 Å². The quantitative estimate of drug-likeness (QED) is 0.206. The van der Waals surface area contributed by atoms with Crippen molar-refractivity contribution in [2.24, 2.45) is 0 Å². The number of urea groups is 1. The Kier molecular flexibility index (Phi) is 5.76. The monoisotopic (exact) mass is 559 g/mol. The Morgan fingerprint density at radius 2 is 1.81 bits per heavy atom. The molecule has 1 aromatic heterocycles. The highest BCUT2D eigenvalue weighted by molar-refractivity contribution is 9.10. The van der Waals surface area contributed by atoms with Gasteiger partial charge in [0.2, 0.25) is 0 Å².